The van der Waals surface area contributed by atoms with Crippen molar-refractivity contribution in [2.24, 2.45) is 0 Å². The first-order valence-electron chi connectivity index (χ1n) is 9.62. The summed E-state index contributed by atoms with van der Waals surface area (Å²) >= 11 is 0. The number of nitrogens with one attached hydrogen (secondary N) is 1. The Kier molecular flexibility index (Phi) is 6.65. The summed E-state index contributed by atoms with van der Waals surface area (Å²) in [6.07, 6.45) is 9.02. The number of aliphatic hydroxyl groups is 1. The van der Waals surface area contributed by atoms with Gasteiger partial charge in [0.1, 0.15) is 0 Å². The topological polar surface area (TPSA) is 52.6 Å². The highest BCUT2D eigenvalue weighted by molar-refractivity contribution is 5.78. The summed E-state index contributed by atoms with van der Waals surface area (Å²) in [5.74, 6) is 0.129. The zero-order chi connectivity index (χ0) is 17.5. The van der Waals surface area contributed by atoms with Gasteiger partial charge in [-0.15, -0.1) is 0 Å². The van der Waals surface area contributed by atoms with E-state index in [-0.39, 0.29) is 12.0 Å². The Morgan fingerprint density at radius 3 is 2.64 bits per heavy atom. The van der Waals surface area contributed by atoms with E-state index in [2.05, 4.69) is 34.5 Å². The van der Waals surface area contributed by atoms with Crippen molar-refractivity contribution in [3.63, 3.8) is 0 Å². The van der Waals surface area contributed by atoms with Gasteiger partial charge in [-0.2, -0.15) is 0 Å². The van der Waals surface area contributed by atoms with E-state index in [1.54, 1.807) is 0 Å². The molecule has 2 N–H and O–H groups in total. The molecule has 0 unspecified atom stereocenters. The molecule has 1 aromatic carbocycles. The van der Waals surface area contributed by atoms with E-state index >= 15 is 0 Å². The van der Waals surface area contributed by atoms with Crippen molar-refractivity contribution >= 4 is 5.91 Å². The van der Waals surface area contributed by atoms with E-state index in [0.29, 0.717) is 13.0 Å². The number of allylic oxidation sites excluding steroid dienone is 1. The van der Waals surface area contributed by atoms with Gasteiger partial charge in [-0.1, -0.05) is 35.9 Å². The smallest absolute Gasteiger partial charge is 0.224 e. The number of benzene rings is 1. The van der Waals surface area contributed by atoms with Crippen molar-refractivity contribution in [3.8, 4) is 0 Å². The standard InChI is InChI=1S/C21H30N2O2/c24-20-10-12-23(13-11-20)16-19-9-5-4-8-18(19)15-22-21(25)14-17-6-2-1-3-7-17/h4-6,8-9,20,24H,1-3,7,10-16H2,(H,22,25). The fourth-order valence-electron chi connectivity index (χ4n) is 3.73. The average molecular weight is 342 g/mol. The molecule has 3 rings (SSSR count). The number of nitrogens with zero attached hydrogens (tertiary/aromatic N) is 1. The second-order valence-corrected chi connectivity index (χ2v) is 7.34. The Morgan fingerprint density at radius 2 is 1.92 bits per heavy atom. The van der Waals surface area contributed by atoms with Crippen LogP contribution >= 0.6 is 0 Å². The Morgan fingerprint density at radius 1 is 1.16 bits per heavy atom. The molecule has 1 aromatic rings. The van der Waals surface area contributed by atoms with Crippen molar-refractivity contribution in [2.75, 3.05) is 13.1 Å². The van der Waals surface area contributed by atoms with Crippen LogP contribution in [0.15, 0.2) is 35.9 Å². The first-order valence-corrected chi connectivity index (χ1v) is 9.62. The number of aliphatic hydroxyl groups excluding tert-OH is 1. The maximum Gasteiger partial charge on any atom is 0.224 e. The van der Waals surface area contributed by atoms with Crippen LogP contribution in [0.5, 0.6) is 0 Å². The number of likely N-dealkylation sites (tertiary alicyclic amines) is 1. The van der Waals surface area contributed by atoms with E-state index in [0.717, 1.165) is 45.3 Å². The van der Waals surface area contributed by atoms with Crippen LogP contribution < -0.4 is 5.32 Å². The van der Waals surface area contributed by atoms with Crippen molar-refractivity contribution in [3.05, 3.63) is 47.0 Å². The molecule has 2 aliphatic rings. The van der Waals surface area contributed by atoms with Crippen molar-refractivity contribution < 1.29 is 9.90 Å². The fourth-order valence-corrected chi connectivity index (χ4v) is 3.73. The van der Waals surface area contributed by atoms with Crippen LogP contribution in [-0.4, -0.2) is 35.1 Å². The summed E-state index contributed by atoms with van der Waals surface area (Å²) < 4.78 is 0. The Bertz CT molecular complexity index is 604. The highest BCUT2D eigenvalue weighted by atomic mass is 16.3. The molecule has 0 atom stereocenters. The first-order chi connectivity index (χ1) is 12.2. The van der Waals surface area contributed by atoms with Crippen LogP contribution in [0.2, 0.25) is 0 Å². The van der Waals surface area contributed by atoms with Gasteiger partial charge in [0.15, 0.2) is 0 Å². The molecular formula is C21H30N2O2. The van der Waals surface area contributed by atoms with Crippen LogP contribution in [-0.2, 0) is 17.9 Å². The van der Waals surface area contributed by atoms with Gasteiger partial charge in [-0.25, -0.2) is 0 Å². The fraction of sp³-hybridized carbons (Fsp3) is 0.571. The minimum Gasteiger partial charge on any atom is -0.393 e. The number of amides is 1. The lowest BCUT2D eigenvalue weighted by Crippen LogP contribution is -2.35. The molecule has 1 aliphatic heterocycles. The van der Waals surface area contributed by atoms with E-state index in [1.165, 1.54) is 29.5 Å². The quantitative estimate of drug-likeness (QED) is 0.781. The largest absolute Gasteiger partial charge is 0.393 e. The molecule has 1 saturated heterocycles. The summed E-state index contributed by atoms with van der Waals surface area (Å²) in [6.45, 7) is 3.37. The minimum atomic E-state index is -0.139. The number of carbonyl (C=O) groups excluding carboxylic acids is 1. The third kappa shape index (κ3) is 5.68. The van der Waals surface area contributed by atoms with Gasteiger partial charge in [-0.3, -0.25) is 9.69 Å². The molecule has 25 heavy (non-hydrogen) atoms. The lowest BCUT2D eigenvalue weighted by Gasteiger charge is -2.30. The normalized spacial score (nSPS) is 19.5. The summed E-state index contributed by atoms with van der Waals surface area (Å²) in [4.78, 5) is 14.6. The molecule has 0 bridgehead atoms. The molecule has 1 amide bonds. The molecule has 0 aromatic heterocycles. The van der Waals surface area contributed by atoms with Gasteiger partial charge in [-0.05, 0) is 49.7 Å². The average Bonchev–Trinajstić information content (AvgIpc) is 2.64. The van der Waals surface area contributed by atoms with Gasteiger partial charge >= 0.3 is 0 Å². The zero-order valence-corrected chi connectivity index (χ0v) is 15.0. The Balaban J connectivity index is 1.52. The maximum atomic E-state index is 12.2. The number of carbonyl (C=O) groups is 1. The van der Waals surface area contributed by atoms with Crippen LogP contribution in [0, 0.1) is 0 Å². The Labute approximate surface area is 150 Å². The molecule has 136 valence electrons. The summed E-state index contributed by atoms with van der Waals surface area (Å²) in [7, 11) is 0. The molecule has 0 spiro atoms. The summed E-state index contributed by atoms with van der Waals surface area (Å²) in [5.41, 5.74) is 3.76. The highest BCUT2D eigenvalue weighted by Gasteiger charge is 2.18. The van der Waals surface area contributed by atoms with Crippen LogP contribution in [0.25, 0.3) is 0 Å². The van der Waals surface area contributed by atoms with Gasteiger partial charge in [0.05, 0.1) is 6.10 Å². The van der Waals surface area contributed by atoms with Crippen molar-refractivity contribution in [2.45, 2.75) is 64.1 Å². The molecule has 0 radical (unpaired) electrons. The van der Waals surface area contributed by atoms with Gasteiger partial charge in [0.25, 0.3) is 0 Å². The van der Waals surface area contributed by atoms with Crippen molar-refractivity contribution in [1.82, 2.24) is 10.2 Å². The van der Waals surface area contributed by atoms with Crippen LogP contribution in [0.4, 0.5) is 0 Å². The van der Waals surface area contributed by atoms with Gasteiger partial charge in [0.2, 0.25) is 5.91 Å². The third-order valence-electron chi connectivity index (χ3n) is 5.32. The predicted octanol–water partition coefficient (Wildman–Crippen LogP) is 3.15. The lowest BCUT2D eigenvalue weighted by atomic mass is 9.97. The molecule has 1 heterocycles. The van der Waals surface area contributed by atoms with Gasteiger partial charge in [0, 0.05) is 32.6 Å². The molecule has 4 nitrogen and oxygen atoms in total. The van der Waals surface area contributed by atoms with Crippen LogP contribution in [0.3, 0.4) is 0 Å². The van der Waals surface area contributed by atoms with Crippen LogP contribution in [0.1, 0.15) is 56.1 Å². The monoisotopic (exact) mass is 342 g/mol. The number of rotatable bonds is 6. The number of hydrogen-bond acceptors (Lipinski definition) is 3. The minimum absolute atomic E-state index is 0.129. The second-order valence-electron chi connectivity index (χ2n) is 7.34. The third-order valence-corrected chi connectivity index (χ3v) is 5.32. The SMILES string of the molecule is O=C(CC1=CCCCC1)NCc1ccccc1CN1CCC(O)CC1. The number of hydrogen-bond donors (Lipinski definition) is 2. The van der Waals surface area contributed by atoms with E-state index in [1.807, 2.05) is 6.07 Å². The summed E-state index contributed by atoms with van der Waals surface area (Å²) in [6, 6.07) is 8.35. The van der Waals surface area contributed by atoms with Crippen molar-refractivity contribution in [1.29, 1.82) is 0 Å². The lowest BCUT2D eigenvalue weighted by molar-refractivity contribution is -0.120. The predicted molar refractivity (Wildman–Crippen MR) is 100.0 cm³/mol. The summed E-state index contributed by atoms with van der Waals surface area (Å²) in [5, 5.41) is 12.7. The maximum absolute atomic E-state index is 12.2. The molecular weight excluding hydrogens is 312 g/mol. The number of piperidine rings is 1. The van der Waals surface area contributed by atoms with Gasteiger partial charge < -0.3 is 10.4 Å². The first kappa shape index (κ1) is 18.2. The van der Waals surface area contributed by atoms with E-state index in [4.69, 9.17) is 0 Å². The molecule has 4 heteroatoms. The molecule has 1 aliphatic carbocycles. The highest BCUT2D eigenvalue weighted by Crippen LogP contribution is 2.20. The molecule has 0 saturated carbocycles. The molecule has 1 fully saturated rings. The Hall–Kier alpha value is -1.65. The van der Waals surface area contributed by atoms with E-state index < -0.39 is 0 Å². The second kappa shape index (κ2) is 9.16. The zero-order valence-electron chi connectivity index (χ0n) is 15.0. The van der Waals surface area contributed by atoms with E-state index in [9.17, 15) is 9.90 Å².